The molecule has 0 unspecified atom stereocenters. The molecule has 0 atom stereocenters. The summed E-state index contributed by atoms with van der Waals surface area (Å²) in [7, 11) is 0. The maximum absolute atomic E-state index is 12.8. The zero-order valence-electron chi connectivity index (χ0n) is 18.1. The second-order valence-corrected chi connectivity index (χ2v) is 8.43. The van der Waals surface area contributed by atoms with E-state index >= 15 is 0 Å². The molecular weight excluding hydrogens is 396 g/mol. The minimum absolute atomic E-state index is 0.233. The monoisotopic (exact) mass is 420 g/mol. The van der Waals surface area contributed by atoms with Crippen LogP contribution in [0, 0.1) is 13.8 Å². The molecule has 0 aromatic carbocycles. The predicted octanol–water partition coefficient (Wildman–Crippen LogP) is 3.05. The number of pyridine rings is 1. The van der Waals surface area contributed by atoms with E-state index in [0.717, 1.165) is 22.5 Å². The number of fused-ring (bicyclic) bond motifs is 2. The van der Waals surface area contributed by atoms with Crippen LogP contribution >= 0.6 is 0 Å². The van der Waals surface area contributed by atoms with Gasteiger partial charge in [0.15, 0.2) is 0 Å². The van der Waals surface area contributed by atoms with Crippen LogP contribution in [0.2, 0.25) is 0 Å². The van der Waals surface area contributed by atoms with Gasteiger partial charge in [-0.3, -0.25) is 14.2 Å². The number of ether oxygens (including phenoxy) is 1. The van der Waals surface area contributed by atoms with E-state index in [4.69, 9.17) is 4.74 Å². The number of rotatable bonds is 3. The fourth-order valence-corrected chi connectivity index (χ4v) is 3.29. The van der Waals surface area contributed by atoms with Gasteiger partial charge in [0.25, 0.3) is 5.56 Å². The molecule has 0 radical (unpaired) electrons. The highest BCUT2D eigenvalue weighted by Gasteiger charge is 2.16. The topological polar surface area (TPSA) is 103 Å². The standard InChI is InChI=1S/C22H24N6O3/c1-13-11-28-18(14(2)24-13)8-17(26-28)16-9-20(29)27-12-15(6-7-19(27)25-16)10-23-21(30)31-22(3,4)5/h6-9,11-12H,10H2,1-5H3,(H,23,30). The first-order valence-corrected chi connectivity index (χ1v) is 9.92. The quantitative estimate of drug-likeness (QED) is 0.546. The van der Waals surface area contributed by atoms with E-state index in [0.29, 0.717) is 17.0 Å². The van der Waals surface area contributed by atoms with E-state index in [9.17, 15) is 9.59 Å². The summed E-state index contributed by atoms with van der Waals surface area (Å²) in [4.78, 5) is 33.6. The Bertz CT molecular complexity index is 1360. The summed E-state index contributed by atoms with van der Waals surface area (Å²) in [5.74, 6) is 0. The van der Waals surface area contributed by atoms with E-state index in [1.807, 2.05) is 32.2 Å². The van der Waals surface area contributed by atoms with Crippen LogP contribution in [-0.2, 0) is 11.3 Å². The molecule has 4 rings (SSSR count). The number of hydrogen-bond acceptors (Lipinski definition) is 6. The van der Waals surface area contributed by atoms with Crippen LogP contribution in [-0.4, -0.2) is 35.7 Å². The Morgan fingerprint density at radius 1 is 1.10 bits per heavy atom. The molecule has 4 heterocycles. The molecule has 9 heteroatoms. The van der Waals surface area contributed by atoms with Gasteiger partial charge in [0.05, 0.1) is 28.8 Å². The van der Waals surface area contributed by atoms with Gasteiger partial charge < -0.3 is 10.1 Å². The van der Waals surface area contributed by atoms with Crippen LogP contribution in [0.25, 0.3) is 22.6 Å². The third kappa shape index (κ3) is 4.40. The summed E-state index contributed by atoms with van der Waals surface area (Å²) in [6, 6.07) is 6.88. The van der Waals surface area contributed by atoms with Crippen LogP contribution in [0.15, 0.2) is 41.5 Å². The van der Waals surface area contributed by atoms with Crippen LogP contribution in [0.5, 0.6) is 0 Å². The maximum Gasteiger partial charge on any atom is 0.407 e. The van der Waals surface area contributed by atoms with Crippen molar-refractivity contribution < 1.29 is 9.53 Å². The molecule has 9 nitrogen and oxygen atoms in total. The first-order valence-electron chi connectivity index (χ1n) is 9.92. The largest absolute Gasteiger partial charge is 0.444 e. The fourth-order valence-electron chi connectivity index (χ4n) is 3.29. The summed E-state index contributed by atoms with van der Waals surface area (Å²) in [5.41, 5.74) is 4.11. The summed E-state index contributed by atoms with van der Waals surface area (Å²) in [6.45, 7) is 9.46. The Balaban J connectivity index is 1.63. The first kappa shape index (κ1) is 20.5. The average molecular weight is 420 g/mol. The Hall–Kier alpha value is -3.75. The lowest BCUT2D eigenvalue weighted by Crippen LogP contribution is -2.32. The van der Waals surface area contributed by atoms with Crippen molar-refractivity contribution in [1.82, 2.24) is 29.3 Å². The van der Waals surface area contributed by atoms with E-state index in [1.165, 1.54) is 10.5 Å². The van der Waals surface area contributed by atoms with Crippen molar-refractivity contribution in [2.45, 2.75) is 46.8 Å². The van der Waals surface area contributed by atoms with E-state index in [1.54, 1.807) is 37.5 Å². The summed E-state index contributed by atoms with van der Waals surface area (Å²) >= 11 is 0. The third-order valence-corrected chi connectivity index (χ3v) is 4.58. The first-order chi connectivity index (χ1) is 14.6. The molecule has 0 aliphatic carbocycles. The van der Waals surface area contributed by atoms with E-state index in [-0.39, 0.29) is 12.1 Å². The van der Waals surface area contributed by atoms with Crippen molar-refractivity contribution in [3.8, 4) is 11.4 Å². The van der Waals surface area contributed by atoms with Crippen LogP contribution in [0.3, 0.4) is 0 Å². The summed E-state index contributed by atoms with van der Waals surface area (Å²) < 4.78 is 8.43. The third-order valence-electron chi connectivity index (χ3n) is 4.58. The number of carbonyl (C=O) groups is 1. The second-order valence-electron chi connectivity index (χ2n) is 8.43. The molecule has 0 aliphatic heterocycles. The molecule has 31 heavy (non-hydrogen) atoms. The lowest BCUT2D eigenvalue weighted by atomic mass is 10.2. The highest BCUT2D eigenvalue weighted by molar-refractivity contribution is 5.68. The Kier molecular flexibility index (Phi) is 4.96. The van der Waals surface area contributed by atoms with Crippen molar-refractivity contribution in [3.63, 3.8) is 0 Å². The number of aromatic nitrogens is 5. The molecule has 1 amide bonds. The van der Waals surface area contributed by atoms with Crippen molar-refractivity contribution in [1.29, 1.82) is 0 Å². The van der Waals surface area contributed by atoms with Gasteiger partial charge in [0.2, 0.25) is 0 Å². The van der Waals surface area contributed by atoms with Gasteiger partial charge in [-0.2, -0.15) is 5.10 Å². The molecule has 4 aromatic rings. The summed E-state index contributed by atoms with van der Waals surface area (Å²) in [5, 5.41) is 7.24. The minimum atomic E-state index is -0.573. The second kappa shape index (κ2) is 7.50. The molecule has 4 aromatic heterocycles. The zero-order chi connectivity index (χ0) is 22.3. The van der Waals surface area contributed by atoms with Crippen molar-refractivity contribution in [2.75, 3.05) is 0 Å². The molecule has 0 saturated carbocycles. The molecular formula is C22H24N6O3. The number of nitrogens with one attached hydrogen (secondary N) is 1. The number of alkyl carbamates (subject to hydrolysis) is 1. The van der Waals surface area contributed by atoms with Gasteiger partial charge in [0.1, 0.15) is 16.9 Å². The summed E-state index contributed by atoms with van der Waals surface area (Å²) in [6.07, 6.45) is 2.98. The maximum atomic E-state index is 12.8. The van der Waals surface area contributed by atoms with Gasteiger partial charge in [0, 0.05) is 18.8 Å². The van der Waals surface area contributed by atoms with Gasteiger partial charge in [-0.25, -0.2) is 14.3 Å². The Morgan fingerprint density at radius 2 is 1.87 bits per heavy atom. The predicted molar refractivity (Wildman–Crippen MR) is 116 cm³/mol. The lowest BCUT2D eigenvalue weighted by Gasteiger charge is -2.19. The number of nitrogens with zero attached hydrogens (tertiary/aromatic N) is 5. The van der Waals surface area contributed by atoms with Crippen LogP contribution in [0.1, 0.15) is 37.7 Å². The fraction of sp³-hybridized carbons (Fsp3) is 0.318. The molecule has 0 spiro atoms. The number of carbonyl (C=O) groups excluding carboxylic acids is 1. The van der Waals surface area contributed by atoms with Crippen molar-refractivity contribution in [3.05, 3.63) is 64.0 Å². The molecule has 0 aliphatic rings. The van der Waals surface area contributed by atoms with Crippen molar-refractivity contribution >= 4 is 17.3 Å². The van der Waals surface area contributed by atoms with Gasteiger partial charge >= 0.3 is 6.09 Å². The minimum Gasteiger partial charge on any atom is -0.444 e. The molecule has 0 fully saturated rings. The molecule has 0 saturated heterocycles. The van der Waals surface area contributed by atoms with Crippen LogP contribution < -0.4 is 10.9 Å². The zero-order valence-corrected chi connectivity index (χ0v) is 18.1. The van der Waals surface area contributed by atoms with E-state index in [2.05, 4.69) is 20.4 Å². The number of hydrogen-bond donors (Lipinski definition) is 1. The average Bonchev–Trinajstić information content (AvgIpc) is 3.09. The van der Waals surface area contributed by atoms with Crippen LogP contribution in [0.4, 0.5) is 4.79 Å². The smallest absolute Gasteiger partial charge is 0.407 e. The van der Waals surface area contributed by atoms with Crippen molar-refractivity contribution in [2.24, 2.45) is 0 Å². The molecule has 1 N–H and O–H groups in total. The highest BCUT2D eigenvalue weighted by Crippen LogP contribution is 2.19. The molecule has 0 bridgehead atoms. The number of aryl methyl sites for hydroxylation is 2. The Labute approximate surface area is 178 Å². The van der Waals surface area contributed by atoms with Gasteiger partial charge in [-0.1, -0.05) is 6.07 Å². The van der Waals surface area contributed by atoms with Gasteiger partial charge in [-0.05, 0) is 52.3 Å². The lowest BCUT2D eigenvalue weighted by molar-refractivity contribution is 0.0523. The SMILES string of the molecule is Cc1cn2nc(-c3cc(=O)n4cc(CNC(=O)OC(C)(C)C)ccc4n3)cc2c(C)n1. The number of amides is 1. The molecule has 160 valence electrons. The van der Waals surface area contributed by atoms with Gasteiger partial charge in [-0.15, -0.1) is 0 Å². The Morgan fingerprint density at radius 3 is 2.61 bits per heavy atom. The highest BCUT2D eigenvalue weighted by atomic mass is 16.6. The normalized spacial score (nSPS) is 11.8. The van der Waals surface area contributed by atoms with E-state index < -0.39 is 11.7 Å².